The van der Waals surface area contributed by atoms with E-state index < -0.39 is 5.25 Å². The number of nitrogens with zero attached hydrogens (tertiary/aromatic N) is 4. The van der Waals surface area contributed by atoms with Gasteiger partial charge in [0, 0.05) is 14.1 Å². The number of thioether (sulfide) groups is 1. The van der Waals surface area contributed by atoms with E-state index in [-0.39, 0.29) is 11.5 Å². The molecule has 0 radical (unpaired) electrons. The maximum atomic E-state index is 12.8. The van der Waals surface area contributed by atoms with Gasteiger partial charge in [0.25, 0.3) is 5.56 Å². The number of aromatic nitrogens is 4. The summed E-state index contributed by atoms with van der Waals surface area (Å²) in [5.74, 6) is -0.0829. The van der Waals surface area contributed by atoms with Gasteiger partial charge in [-0.25, -0.2) is 9.67 Å². The summed E-state index contributed by atoms with van der Waals surface area (Å²) in [6, 6.07) is 18.9. The van der Waals surface area contributed by atoms with E-state index in [9.17, 15) is 9.59 Å². The van der Waals surface area contributed by atoms with Gasteiger partial charge >= 0.3 is 0 Å². The molecule has 0 aliphatic heterocycles. The van der Waals surface area contributed by atoms with Crippen LogP contribution in [0.1, 0.15) is 10.8 Å². The Morgan fingerprint density at radius 1 is 1.07 bits per heavy atom. The molecule has 1 amide bonds. The molecule has 1 atom stereocenters. The van der Waals surface area contributed by atoms with Crippen LogP contribution in [0.15, 0.2) is 76.8 Å². The van der Waals surface area contributed by atoms with E-state index in [4.69, 9.17) is 0 Å². The third-order valence-electron chi connectivity index (χ3n) is 4.41. The Morgan fingerprint density at radius 3 is 2.38 bits per heavy atom. The molecule has 4 rings (SSSR count). The van der Waals surface area contributed by atoms with Gasteiger partial charge in [0.1, 0.15) is 10.6 Å². The van der Waals surface area contributed by atoms with Gasteiger partial charge in [-0.05, 0) is 17.7 Å². The summed E-state index contributed by atoms with van der Waals surface area (Å²) in [7, 11) is 3.42. The smallest absolute Gasteiger partial charge is 0.262 e. The fourth-order valence-corrected chi connectivity index (χ4v) is 4.07. The third kappa shape index (κ3) is 3.79. The Kier molecular flexibility index (Phi) is 5.18. The molecule has 0 aliphatic carbocycles. The second-order valence-corrected chi connectivity index (χ2v) is 7.74. The molecule has 29 heavy (non-hydrogen) atoms. The van der Waals surface area contributed by atoms with Crippen LogP contribution in [-0.2, 0) is 4.79 Å². The van der Waals surface area contributed by atoms with Crippen LogP contribution in [0, 0.1) is 0 Å². The first-order chi connectivity index (χ1) is 14.0. The zero-order valence-electron chi connectivity index (χ0n) is 15.9. The number of hydrogen-bond donors (Lipinski definition) is 1. The molecule has 146 valence electrons. The summed E-state index contributed by atoms with van der Waals surface area (Å²) in [5.41, 5.74) is 1.81. The lowest BCUT2D eigenvalue weighted by Gasteiger charge is -2.20. The number of carbonyl (C=O) groups excluding carboxylic acids is 1. The number of likely N-dealkylation sites (N-methyl/N-ethyl adjacent to an activating group) is 1. The highest BCUT2D eigenvalue weighted by Crippen LogP contribution is 2.34. The molecule has 2 aromatic heterocycles. The van der Waals surface area contributed by atoms with Gasteiger partial charge in [0.15, 0.2) is 10.8 Å². The number of hydrogen-bond acceptors (Lipinski definition) is 5. The van der Waals surface area contributed by atoms with E-state index in [2.05, 4.69) is 15.1 Å². The zero-order valence-corrected chi connectivity index (χ0v) is 16.8. The number of fused-ring (bicyclic) bond motifs is 1. The Morgan fingerprint density at radius 2 is 1.72 bits per heavy atom. The number of para-hydroxylation sites is 1. The minimum Gasteiger partial charge on any atom is -0.348 e. The first-order valence-corrected chi connectivity index (χ1v) is 9.89. The molecule has 0 saturated carbocycles. The molecule has 7 nitrogen and oxygen atoms in total. The maximum absolute atomic E-state index is 12.8. The van der Waals surface area contributed by atoms with Crippen LogP contribution >= 0.6 is 11.8 Å². The lowest BCUT2D eigenvalue weighted by Crippen LogP contribution is -2.27. The predicted molar refractivity (Wildman–Crippen MR) is 113 cm³/mol. The zero-order chi connectivity index (χ0) is 20.4. The van der Waals surface area contributed by atoms with E-state index in [1.807, 2.05) is 60.7 Å². The number of H-pyrrole nitrogens is 1. The number of rotatable bonds is 5. The van der Waals surface area contributed by atoms with Crippen LogP contribution in [0.3, 0.4) is 0 Å². The van der Waals surface area contributed by atoms with E-state index in [0.717, 1.165) is 11.3 Å². The SMILES string of the molecule is CN(C)C(=O)[C@H](Sc1nc2c(cnn2-c2ccccc2)c(=O)[nH]1)c1ccccc1. The molecule has 0 unspecified atom stereocenters. The minimum atomic E-state index is -0.528. The van der Waals surface area contributed by atoms with Crippen LogP contribution in [-0.4, -0.2) is 44.7 Å². The van der Waals surface area contributed by atoms with Crippen LogP contribution in [0.4, 0.5) is 0 Å². The van der Waals surface area contributed by atoms with Crippen molar-refractivity contribution in [2.45, 2.75) is 10.4 Å². The van der Waals surface area contributed by atoms with E-state index in [1.165, 1.54) is 22.9 Å². The molecule has 8 heteroatoms. The van der Waals surface area contributed by atoms with E-state index in [1.54, 1.807) is 18.8 Å². The van der Waals surface area contributed by atoms with Gasteiger partial charge in [-0.3, -0.25) is 9.59 Å². The fraction of sp³-hybridized carbons (Fsp3) is 0.143. The number of aromatic amines is 1. The van der Waals surface area contributed by atoms with Crippen molar-refractivity contribution in [1.29, 1.82) is 0 Å². The van der Waals surface area contributed by atoms with Crippen molar-refractivity contribution in [1.82, 2.24) is 24.6 Å². The summed E-state index contributed by atoms with van der Waals surface area (Å²) in [6.07, 6.45) is 1.50. The van der Waals surface area contributed by atoms with E-state index >= 15 is 0 Å². The average Bonchev–Trinajstić information content (AvgIpc) is 3.17. The Hall–Kier alpha value is -3.39. The lowest BCUT2D eigenvalue weighted by atomic mass is 10.1. The quantitative estimate of drug-likeness (QED) is 0.408. The molecule has 2 heterocycles. The van der Waals surface area contributed by atoms with Crippen molar-refractivity contribution < 1.29 is 4.79 Å². The molecular weight excluding hydrogens is 386 g/mol. The van der Waals surface area contributed by atoms with Crippen LogP contribution in [0.5, 0.6) is 0 Å². The lowest BCUT2D eigenvalue weighted by molar-refractivity contribution is -0.128. The minimum absolute atomic E-state index is 0.0829. The Labute approximate surface area is 171 Å². The first kappa shape index (κ1) is 18.9. The fourth-order valence-electron chi connectivity index (χ4n) is 2.95. The second-order valence-electron chi connectivity index (χ2n) is 6.64. The third-order valence-corrected chi connectivity index (χ3v) is 5.54. The van der Waals surface area contributed by atoms with Crippen molar-refractivity contribution in [2.24, 2.45) is 0 Å². The van der Waals surface area contributed by atoms with Gasteiger partial charge in [-0.15, -0.1) is 0 Å². The number of amides is 1. The van der Waals surface area contributed by atoms with Gasteiger partial charge < -0.3 is 9.88 Å². The summed E-state index contributed by atoms with van der Waals surface area (Å²) in [6.45, 7) is 0. The normalized spacial score (nSPS) is 12.1. The summed E-state index contributed by atoms with van der Waals surface area (Å²) < 4.78 is 1.62. The predicted octanol–water partition coefficient (Wildman–Crippen LogP) is 3.03. The monoisotopic (exact) mass is 405 g/mol. The van der Waals surface area contributed by atoms with Gasteiger partial charge in [0.05, 0.1) is 11.9 Å². The maximum Gasteiger partial charge on any atom is 0.262 e. The van der Waals surface area contributed by atoms with Crippen LogP contribution in [0.2, 0.25) is 0 Å². The van der Waals surface area contributed by atoms with Gasteiger partial charge in [-0.1, -0.05) is 60.3 Å². The largest absolute Gasteiger partial charge is 0.348 e. The van der Waals surface area contributed by atoms with Crippen LogP contribution < -0.4 is 5.56 Å². The molecule has 1 N–H and O–H groups in total. The van der Waals surface area contributed by atoms with Gasteiger partial charge in [0.2, 0.25) is 5.91 Å². The Bertz CT molecular complexity index is 1200. The Balaban J connectivity index is 1.78. The highest BCUT2D eigenvalue weighted by molar-refractivity contribution is 8.00. The first-order valence-electron chi connectivity index (χ1n) is 9.01. The highest BCUT2D eigenvalue weighted by Gasteiger charge is 2.25. The molecule has 4 aromatic rings. The molecule has 0 fully saturated rings. The number of carbonyl (C=O) groups is 1. The molecular formula is C21H19N5O2S. The topological polar surface area (TPSA) is 83.9 Å². The number of benzene rings is 2. The highest BCUT2D eigenvalue weighted by atomic mass is 32.2. The van der Waals surface area contributed by atoms with Crippen molar-refractivity contribution in [3.05, 3.63) is 82.8 Å². The van der Waals surface area contributed by atoms with Crippen molar-refractivity contribution in [3.8, 4) is 5.69 Å². The molecule has 0 aliphatic rings. The molecule has 0 saturated heterocycles. The standard InChI is InChI=1S/C21H19N5O2S/c1-25(2)20(28)17(14-9-5-3-6-10-14)29-21-23-18-16(19(27)24-21)13-22-26(18)15-11-7-4-8-12-15/h3-13,17H,1-2H3,(H,23,24,27)/t17-/m1/s1. The molecule has 0 spiro atoms. The molecule has 0 bridgehead atoms. The van der Waals surface area contributed by atoms with Crippen molar-refractivity contribution >= 4 is 28.7 Å². The summed E-state index contributed by atoms with van der Waals surface area (Å²) in [5, 5.41) is 4.55. The average molecular weight is 405 g/mol. The van der Waals surface area contributed by atoms with E-state index in [0.29, 0.717) is 16.2 Å². The van der Waals surface area contributed by atoms with Crippen molar-refractivity contribution in [2.75, 3.05) is 14.1 Å². The summed E-state index contributed by atoms with van der Waals surface area (Å²) in [4.78, 5) is 34.3. The summed E-state index contributed by atoms with van der Waals surface area (Å²) >= 11 is 1.22. The van der Waals surface area contributed by atoms with Gasteiger partial charge in [-0.2, -0.15) is 5.10 Å². The second kappa shape index (κ2) is 7.92. The van der Waals surface area contributed by atoms with Crippen LogP contribution in [0.25, 0.3) is 16.7 Å². The van der Waals surface area contributed by atoms with Crippen molar-refractivity contribution in [3.63, 3.8) is 0 Å². The number of nitrogens with one attached hydrogen (secondary N) is 1. The molecule has 2 aromatic carbocycles.